The number of nitrogens with zero attached hydrogens (tertiary/aromatic N) is 1. The summed E-state index contributed by atoms with van der Waals surface area (Å²) in [5.41, 5.74) is -0.0845. The predicted molar refractivity (Wildman–Crippen MR) is 73.5 cm³/mol. The topological polar surface area (TPSA) is 24.5 Å². The van der Waals surface area contributed by atoms with Gasteiger partial charge in [-0.25, -0.2) is 0 Å². The van der Waals surface area contributed by atoms with Crippen molar-refractivity contribution >= 4 is 0 Å². The zero-order valence-electron chi connectivity index (χ0n) is 12.1. The van der Waals surface area contributed by atoms with Crippen LogP contribution in [0.2, 0.25) is 0 Å². The van der Waals surface area contributed by atoms with E-state index in [0.29, 0.717) is 6.04 Å². The maximum absolute atomic E-state index is 5.49. The van der Waals surface area contributed by atoms with Gasteiger partial charge in [0.1, 0.15) is 0 Å². The minimum atomic E-state index is -0.0845. The standard InChI is InChI=1S/C14H30N2O/c1-13(14(2,3)17-4)15-9-12-16-10-7-5-6-8-11-16/h13,15H,5-12H2,1-4H3. The molecule has 0 radical (unpaired) electrons. The summed E-state index contributed by atoms with van der Waals surface area (Å²) in [6, 6.07) is 0.388. The van der Waals surface area contributed by atoms with Crippen molar-refractivity contribution in [1.82, 2.24) is 10.2 Å². The van der Waals surface area contributed by atoms with Gasteiger partial charge < -0.3 is 15.0 Å². The van der Waals surface area contributed by atoms with Gasteiger partial charge in [0.25, 0.3) is 0 Å². The highest BCUT2D eigenvalue weighted by Crippen LogP contribution is 2.13. The molecule has 0 aromatic heterocycles. The number of ether oxygens (including phenoxy) is 1. The van der Waals surface area contributed by atoms with Gasteiger partial charge in [-0.3, -0.25) is 0 Å². The van der Waals surface area contributed by atoms with Gasteiger partial charge in [0.15, 0.2) is 0 Å². The van der Waals surface area contributed by atoms with Crippen molar-refractivity contribution in [2.24, 2.45) is 0 Å². The summed E-state index contributed by atoms with van der Waals surface area (Å²) in [6.45, 7) is 11.3. The first-order valence-corrected chi connectivity index (χ1v) is 7.07. The number of hydrogen-bond donors (Lipinski definition) is 1. The molecule has 1 N–H and O–H groups in total. The summed E-state index contributed by atoms with van der Waals surface area (Å²) >= 11 is 0. The Morgan fingerprint density at radius 1 is 1.18 bits per heavy atom. The van der Waals surface area contributed by atoms with Crippen LogP contribution >= 0.6 is 0 Å². The molecule has 1 rings (SSSR count). The Morgan fingerprint density at radius 2 is 1.76 bits per heavy atom. The van der Waals surface area contributed by atoms with Crippen LogP contribution in [0.4, 0.5) is 0 Å². The Hall–Kier alpha value is -0.120. The van der Waals surface area contributed by atoms with E-state index in [9.17, 15) is 0 Å². The number of hydrogen-bond acceptors (Lipinski definition) is 3. The van der Waals surface area contributed by atoms with Gasteiger partial charge in [-0.15, -0.1) is 0 Å². The van der Waals surface area contributed by atoms with Crippen molar-refractivity contribution in [1.29, 1.82) is 0 Å². The maximum atomic E-state index is 5.49. The Balaban J connectivity index is 2.18. The Morgan fingerprint density at radius 3 is 2.29 bits per heavy atom. The molecule has 1 aliphatic rings. The summed E-state index contributed by atoms with van der Waals surface area (Å²) < 4.78 is 5.49. The summed E-state index contributed by atoms with van der Waals surface area (Å²) in [5, 5.41) is 3.57. The third kappa shape index (κ3) is 5.36. The number of likely N-dealkylation sites (tertiary alicyclic amines) is 1. The molecule has 1 atom stereocenters. The average Bonchev–Trinajstić information content (AvgIpc) is 2.57. The minimum absolute atomic E-state index is 0.0845. The first kappa shape index (κ1) is 14.9. The van der Waals surface area contributed by atoms with Gasteiger partial charge >= 0.3 is 0 Å². The van der Waals surface area contributed by atoms with E-state index in [-0.39, 0.29) is 5.60 Å². The molecule has 0 saturated carbocycles. The van der Waals surface area contributed by atoms with Crippen LogP contribution in [0.25, 0.3) is 0 Å². The monoisotopic (exact) mass is 242 g/mol. The molecule has 0 bridgehead atoms. The molecule has 3 heteroatoms. The van der Waals surface area contributed by atoms with E-state index in [2.05, 4.69) is 31.0 Å². The molecule has 0 amide bonds. The van der Waals surface area contributed by atoms with E-state index in [1.807, 2.05) is 0 Å². The third-order valence-corrected chi connectivity index (χ3v) is 4.15. The van der Waals surface area contributed by atoms with E-state index in [1.165, 1.54) is 45.3 Å². The van der Waals surface area contributed by atoms with Crippen LogP contribution in [0, 0.1) is 0 Å². The maximum Gasteiger partial charge on any atom is 0.0772 e. The molecular weight excluding hydrogens is 212 g/mol. The van der Waals surface area contributed by atoms with Crippen molar-refractivity contribution in [3.63, 3.8) is 0 Å². The van der Waals surface area contributed by atoms with Gasteiger partial charge in [0, 0.05) is 26.2 Å². The summed E-state index contributed by atoms with van der Waals surface area (Å²) in [7, 11) is 1.78. The normalized spacial score (nSPS) is 21.2. The molecule has 1 unspecified atom stereocenters. The van der Waals surface area contributed by atoms with Gasteiger partial charge in [0.05, 0.1) is 5.60 Å². The van der Waals surface area contributed by atoms with Gasteiger partial charge in [0.2, 0.25) is 0 Å². The minimum Gasteiger partial charge on any atom is -0.377 e. The highest BCUT2D eigenvalue weighted by molar-refractivity contribution is 4.81. The first-order valence-electron chi connectivity index (χ1n) is 7.07. The second kappa shape index (κ2) is 7.34. The second-order valence-electron chi connectivity index (χ2n) is 5.74. The second-order valence-corrected chi connectivity index (χ2v) is 5.74. The molecule has 0 spiro atoms. The number of methoxy groups -OCH3 is 1. The van der Waals surface area contributed by atoms with E-state index in [0.717, 1.165) is 6.54 Å². The zero-order valence-corrected chi connectivity index (χ0v) is 12.1. The zero-order chi connectivity index (χ0) is 12.7. The summed E-state index contributed by atoms with van der Waals surface area (Å²) in [4.78, 5) is 2.59. The fraction of sp³-hybridized carbons (Fsp3) is 1.00. The van der Waals surface area contributed by atoms with Crippen LogP contribution in [-0.4, -0.2) is 49.8 Å². The SMILES string of the molecule is COC(C)(C)C(C)NCCN1CCCCCC1. The lowest BCUT2D eigenvalue weighted by Gasteiger charge is -2.32. The molecule has 1 saturated heterocycles. The molecular formula is C14H30N2O. The third-order valence-electron chi connectivity index (χ3n) is 4.15. The highest BCUT2D eigenvalue weighted by Gasteiger charge is 2.24. The van der Waals surface area contributed by atoms with Crippen LogP contribution in [0.1, 0.15) is 46.5 Å². The van der Waals surface area contributed by atoms with Gasteiger partial charge in [-0.1, -0.05) is 12.8 Å². The van der Waals surface area contributed by atoms with Crippen molar-refractivity contribution < 1.29 is 4.74 Å². The molecule has 1 heterocycles. The molecule has 1 aliphatic heterocycles. The van der Waals surface area contributed by atoms with Crippen LogP contribution in [0.3, 0.4) is 0 Å². The Kier molecular flexibility index (Phi) is 6.45. The summed E-state index contributed by atoms with van der Waals surface area (Å²) in [6.07, 6.45) is 5.58. The van der Waals surface area contributed by atoms with Crippen molar-refractivity contribution in [2.75, 3.05) is 33.3 Å². The molecule has 102 valence electrons. The Labute approximate surface area is 107 Å². The quantitative estimate of drug-likeness (QED) is 0.773. The average molecular weight is 242 g/mol. The number of nitrogens with one attached hydrogen (secondary N) is 1. The molecule has 1 fully saturated rings. The Bertz CT molecular complexity index is 198. The predicted octanol–water partition coefficient (Wildman–Crippen LogP) is 2.27. The van der Waals surface area contributed by atoms with E-state index in [1.54, 1.807) is 7.11 Å². The van der Waals surface area contributed by atoms with Crippen LogP contribution in [-0.2, 0) is 4.74 Å². The van der Waals surface area contributed by atoms with Gasteiger partial charge in [-0.05, 0) is 46.7 Å². The molecule has 3 nitrogen and oxygen atoms in total. The van der Waals surface area contributed by atoms with E-state index >= 15 is 0 Å². The van der Waals surface area contributed by atoms with Crippen LogP contribution in [0.5, 0.6) is 0 Å². The van der Waals surface area contributed by atoms with Gasteiger partial charge in [-0.2, -0.15) is 0 Å². The lowest BCUT2D eigenvalue weighted by atomic mass is 10.0. The largest absolute Gasteiger partial charge is 0.377 e. The van der Waals surface area contributed by atoms with Crippen LogP contribution in [0.15, 0.2) is 0 Å². The fourth-order valence-electron chi connectivity index (χ4n) is 2.22. The molecule has 0 aromatic rings. The molecule has 0 aromatic carbocycles. The number of rotatable bonds is 6. The highest BCUT2D eigenvalue weighted by atomic mass is 16.5. The lowest BCUT2D eigenvalue weighted by Crippen LogP contribution is -2.48. The van der Waals surface area contributed by atoms with Crippen molar-refractivity contribution in [3.8, 4) is 0 Å². The molecule has 0 aliphatic carbocycles. The van der Waals surface area contributed by atoms with Crippen molar-refractivity contribution in [2.45, 2.75) is 58.1 Å². The summed E-state index contributed by atoms with van der Waals surface area (Å²) in [5.74, 6) is 0. The van der Waals surface area contributed by atoms with E-state index < -0.39 is 0 Å². The lowest BCUT2D eigenvalue weighted by molar-refractivity contribution is -0.00536. The molecule has 17 heavy (non-hydrogen) atoms. The smallest absolute Gasteiger partial charge is 0.0772 e. The van der Waals surface area contributed by atoms with E-state index in [4.69, 9.17) is 4.74 Å². The van der Waals surface area contributed by atoms with Crippen molar-refractivity contribution in [3.05, 3.63) is 0 Å². The van der Waals surface area contributed by atoms with Crippen LogP contribution < -0.4 is 5.32 Å². The first-order chi connectivity index (χ1) is 8.06. The fourth-order valence-corrected chi connectivity index (χ4v) is 2.22.